The molecule has 3 atom stereocenters. The van der Waals surface area contributed by atoms with Crippen molar-refractivity contribution >= 4 is 0 Å². The van der Waals surface area contributed by atoms with Crippen LogP contribution in [0, 0.1) is 11.8 Å². The molecule has 3 unspecified atom stereocenters. The molecule has 1 saturated carbocycles. The van der Waals surface area contributed by atoms with Crippen molar-refractivity contribution in [2.75, 3.05) is 20.1 Å². The molecule has 0 spiro atoms. The fourth-order valence-electron chi connectivity index (χ4n) is 2.83. The van der Waals surface area contributed by atoms with E-state index in [4.69, 9.17) is 5.73 Å². The Morgan fingerprint density at radius 1 is 1.27 bits per heavy atom. The lowest BCUT2D eigenvalue weighted by Gasteiger charge is -2.37. The van der Waals surface area contributed by atoms with Gasteiger partial charge in [0.1, 0.15) is 0 Å². The minimum Gasteiger partial charge on any atom is -0.326 e. The third kappa shape index (κ3) is 1.30. The standard InChI is InChI=1S/C9H18N2/c1-11-5-7-3-2-4-8(7)9(10)6-11/h7-9H,2-6,10H2,1H3. The zero-order valence-electron chi connectivity index (χ0n) is 7.29. The molecule has 2 heteroatoms. The third-order valence-corrected chi connectivity index (χ3v) is 3.34. The maximum Gasteiger partial charge on any atom is 0.0199 e. The summed E-state index contributed by atoms with van der Waals surface area (Å²) in [6.45, 7) is 2.40. The summed E-state index contributed by atoms with van der Waals surface area (Å²) in [6, 6.07) is 0.459. The number of likely N-dealkylation sites (N-methyl/N-ethyl adjacent to an activating group) is 1. The van der Waals surface area contributed by atoms with E-state index in [2.05, 4.69) is 11.9 Å². The molecule has 2 N–H and O–H groups in total. The van der Waals surface area contributed by atoms with E-state index in [0.29, 0.717) is 6.04 Å². The molecule has 2 nitrogen and oxygen atoms in total. The third-order valence-electron chi connectivity index (χ3n) is 3.34. The Balaban J connectivity index is 2.04. The second kappa shape index (κ2) is 2.76. The van der Waals surface area contributed by atoms with Crippen LogP contribution in [-0.2, 0) is 0 Å². The van der Waals surface area contributed by atoms with Crippen molar-refractivity contribution in [2.45, 2.75) is 25.3 Å². The van der Waals surface area contributed by atoms with Gasteiger partial charge in [-0.1, -0.05) is 6.42 Å². The van der Waals surface area contributed by atoms with E-state index < -0.39 is 0 Å². The first-order valence-electron chi connectivity index (χ1n) is 4.71. The Morgan fingerprint density at radius 2 is 2.09 bits per heavy atom. The zero-order chi connectivity index (χ0) is 7.84. The van der Waals surface area contributed by atoms with Crippen molar-refractivity contribution in [3.05, 3.63) is 0 Å². The zero-order valence-corrected chi connectivity index (χ0v) is 7.29. The van der Waals surface area contributed by atoms with E-state index >= 15 is 0 Å². The van der Waals surface area contributed by atoms with Crippen LogP contribution >= 0.6 is 0 Å². The summed E-state index contributed by atoms with van der Waals surface area (Å²) in [5.74, 6) is 1.77. The first kappa shape index (κ1) is 7.56. The van der Waals surface area contributed by atoms with Crippen LogP contribution in [0.25, 0.3) is 0 Å². The highest BCUT2D eigenvalue weighted by Crippen LogP contribution is 2.36. The number of likely N-dealkylation sites (tertiary alicyclic amines) is 1. The van der Waals surface area contributed by atoms with E-state index in [9.17, 15) is 0 Å². The molecule has 0 bridgehead atoms. The van der Waals surface area contributed by atoms with Crippen LogP contribution in [-0.4, -0.2) is 31.1 Å². The molecule has 1 aliphatic carbocycles. The van der Waals surface area contributed by atoms with Gasteiger partial charge in [0, 0.05) is 19.1 Å². The van der Waals surface area contributed by atoms with Crippen molar-refractivity contribution in [3.63, 3.8) is 0 Å². The lowest BCUT2D eigenvalue weighted by atomic mass is 9.85. The fourth-order valence-corrected chi connectivity index (χ4v) is 2.83. The minimum atomic E-state index is 0.459. The highest BCUT2D eigenvalue weighted by atomic mass is 15.1. The van der Waals surface area contributed by atoms with E-state index in [-0.39, 0.29) is 0 Å². The molecule has 0 aromatic carbocycles. The van der Waals surface area contributed by atoms with Gasteiger partial charge in [-0.2, -0.15) is 0 Å². The monoisotopic (exact) mass is 154 g/mol. The first-order valence-corrected chi connectivity index (χ1v) is 4.71. The smallest absolute Gasteiger partial charge is 0.0199 e. The molecule has 64 valence electrons. The van der Waals surface area contributed by atoms with Crippen LogP contribution in [0.2, 0.25) is 0 Å². The van der Waals surface area contributed by atoms with Crippen LogP contribution in [0.15, 0.2) is 0 Å². The molecule has 2 rings (SSSR count). The van der Waals surface area contributed by atoms with Gasteiger partial charge in [-0.15, -0.1) is 0 Å². The number of nitrogens with two attached hydrogens (primary N) is 1. The molecular weight excluding hydrogens is 136 g/mol. The lowest BCUT2D eigenvalue weighted by molar-refractivity contribution is 0.142. The van der Waals surface area contributed by atoms with Crippen LogP contribution in [0.1, 0.15) is 19.3 Å². The number of nitrogens with zero attached hydrogens (tertiary/aromatic N) is 1. The second-order valence-electron chi connectivity index (χ2n) is 4.24. The average molecular weight is 154 g/mol. The summed E-state index contributed by atoms with van der Waals surface area (Å²) in [5, 5.41) is 0. The predicted octanol–water partition coefficient (Wildman–Crippen LogP) is 0.675. The molecule has 11 heavy (non-hydrogen) atoms. The molecule has 0 aromatic heterocycles. The van der Waals surface area contributed by atoms with E-state index in [1.807, 2.05) is 0 Å². The molecule has 1 heterocycles. The van der Waals surface area contributed by atoms with Gasteiger partial charge >= 0.3 is 0 Å². The van der Waals surface area contributed by atoms with E-state index in [1.54, 1.807) is 0 Å². The maximum atomic E-state index is 6.07. The Morgan fingerprint density at radius 3 is 2.91 bits per heavy atom. The Bertz CT molecular complexity index is 146. The number of rotatable bonds is 0. The maximum absolute atomic E-state index is 6.07. The number of hydrogen-bond donors (Lipinski definition) is 1. The van der Waals surface area contributed by atoms with Crippen LogP contribution in [0.4, 0.5) is 0 Å². The van der Waals surface area contributed by atoms with Gasteiger partial charge in [-0.05, 0) is 31.7 Å². The molecule has 0 aromatic rings. The van der Waals surface area contributed by atoms with E-state index in [1.165, 1.54) is 25.8 Å². The van der Waals surface area contributed by atoms with Gasteiger partial charge in [0.05, 0.1) is 0 Å². The Labute approximate surface area is 68.7 Å². The van der Waals surface area contributed by atoms with Gasteiger partial charge < -0.3 is 10.6 Å². The molecule has 1 aliphatic heterocycles. The molecule has 2 fully saturated rings. The minimum absolute atomic E-state index is 0.459. The Kier molecular flexibility index (Phi) is 1.90. The van der Waals surface area contributed by atoms with Crippen LogP contribution in [0.5, 0.6) is 0 Å². The number of fused-ring (bicyclic) bond motifs is 1. The average Bonchev–Trinajstić information content (AvgIpc) is 2.34. The van der Waals surface area contributed by atoms with Crippen molar-refractivity contribution in [3.8, 4) is 0 Å². The molecular formula is C9H18N2. The van der Waals surface area contributed by atoms with Crippen molar-refractivity contribution < 1.29 is 0 Å². The topological polar surface area (TPSA) is 29.3 Å². The van der Waals surface area contributed by atoms with Gasteiger partial charge in [0.15, 0.2) is 0 Å². The largest absolute Gasteiger partial charge is 0.326 e. The lowest BCUT2D eigenvalue weighted by Crippen LogP contribution is -2.49. The molecule has 0 radical (unpaired) electrons. The second-order valence-corrected chi connectivity index (χ2v) is 4.24. The van der Waals surface area contributed by atoms with Gasteiger partial charge in [0.2, 0.25) is 0 Å². The SMILES string of the molecule is CN1CC(N)C2CCCC2C1. The first-order chi connectivity index (χ1) is 5.27. The molecule has 1 saturated heterocycles. The molecule has 0 amide bonds. The van der Waals surface area contributed by atoms with Crippen LogP contribution in [0.3, 0.4) is 0 Å². The summed E-state index contributed by atoms with van der Waals surface area (Å²) in [6.07, 6.45) is 4.22. The summed E-state index contributed by atoms with van der Waals surface area (Å²) >= 11 is 0. The summed E-state index contributed by atoms with van der Waals surface area (Å²) < 4.78 is 0. The number of hydrogen-bond acceptors (Lipinski definition) is 2. The summed E-state index contributed by atoms with van der Waals surface area (Å²) in [5.41, 5.74) is 6.07. The summed E-state index contributed by atoms with van der Waals surface area (Å²) in [4.78, 5) is 2.39. The van der Waals surface area contributed by atoms with E-state index in [0.717, 1.165) is 18.4 Å². The number of piperidine rings is 1. The summed E-state index contributed by atoms with van der Waals surface area (Å²) in [7, 11) is 2.19. The quantitative estimate of drug-likeness (QED) is 0.556. The van der Waals surface area contributed by atoms with Crippen LogP contribution < -0.4 is 5.73 Å². The Hall–Kier alpha value is -0.0800. The predicted molar refractivity (Wildman–Crippen MR) is 46.3 cm³/mol. The van der Waals surface area contributed by atoms with Gasteiger partial charge in [0.25, 0.3) is 0 Å². The van der Waals surface area contributed by atoms with Crippen molar-refractivity contribution in [1.29, 1.82) is 0 Å². The highest BCUT2D eigenvalue weighted by Gasteiger charge is 2.36. The molecule has 2 aliphatic rings. The van der Waals surface area contributed by atoms with Crippen molar-refractivity contribution in [2.24, 2.45) is 17.6 Å². The van der Waals surface area contributed by atoms with Crippen molar-refractivity contribution in [1.82, 2.24) is 4.90 Å². The normalized spacial score (nSPS) is 45.8. The van der Waals surface area contributed by atoms with Gasteiger partial charge in [-0.3, -0.25) is 0 Å². The highest BCUT2D eigenvalue weighted by molar-refractivity contribution is 4.91. The fraction of sp³-hybridized carbons (Fsp3) is 1.00. The van der Waals surface area contributed by atoms with Gasteiger partial charge in [-0.25, -0.2) is 0 Å².